The molecule has 2 aromatic heterocycles. The lowest BCUT2D eigenvalue weighted by atomic mass is 9.79. The Balaban J connectivity index is 1.50. The van der Waals surface area contributed by atoms with Gasteiger partial charge in [-0.2, -0.15) is 5.10 Å². The lowest BCUT2D eigenvalue weighted by molar-refractivity contribution is -0.136. The van der Waals surface area contributed by atoms with E-state index in [9.17, 15) is 9.90 Å². The van der Waals surface area contributed by atoms with Gasteiger partial charge in [0.05, 0.1) is 24.0 Å². The minimum absolute atomic E-state index is 0.0110. The summed E-state index contributed by atoms with van der Waals surface area (Å²) >= 11 is 0. The molecule has 0 aliphatic carbocycles. The third kappa shape index (κ3) is 2.79. The number of carbonyl (C=O) groups is 1. The Labute approximate surface area is 174 Å². The summed E-state index contributed by atoms with van der Waals surface area (Å²) in [5.74, 6) is 0.760. The van der Waals surface area contributed by atoms with Gasteiger partial charge in [-0.3, -0.25) is 9.89 Å². The number of fused-ring (bicyclic) bond motifs is 1. The Hall–Kier alpha value is -3.26. The minimum Gasteiger partial charge on any atom is -0.391 e. The molecule has 1 spiro atoms. The Morgan fingerprint density at radius 3 is 2.93 bits per heavy atom. The van der Waals surface area contributed by atoms with Crippen LogP contribution >= 0.6 is 0 Å². The van der Waals surface area contributed by atoms with Crippen LogP contribution in [0.25, 0.3) is 22.2 Å². The van der Waals surface area contributed by atoms with Crippen LogP contribution in [0.5, 0.6) is 0 Å². The van der Waals surface area contributed by atoms with Gasteiger partial charge in [-0.05, 0) is 31.1 Å². The molecule has 1 aromatic carbocycles. The van der Waals surface area contributed by atoms with E-state index in [1.54, 1.807) is 12.5 Å². The highest BCUT2D eigenvalue weighted by Crippen LogP contribution is 2.43. The number of nitrogens with one attached hydrogen (secondary N) is 1. The van der Waals surface area contributed by atoms with Crippen molar-refractivity contribution in [2.75, 3.05) is 31.1 Å². The number of anilines is 1. The molecule has 3 aromatic rings. The van der Waals surface area contributed by atoms with Gasteiger partial charge >= 0.3 is 0 Å². The highest BCUT2D eigenvalue weighted by atomic mass is 16.3. The first-order valence-electron chi connectivity index (χ1n) is 10.1. The number of aromatic nitrogens is 4. The molecule has 0 saturated carbocycles. The van der Waals surface area contributed by atoms with Gasteiger partial charge in [-0.25, -0.2) is 9.97 Å². The summed E-state index contributed by atoms with van der Waals surface area (Å²) in [7, 11) is 0. The van der Waals surface area contributed by atoms with E-state index in [1.807, 2.05) is 24.0 Å². The third-order valence-electron chi connectivity index (χ3n) is 6.43. The Kier molecular flexibility index (Phi) is 4.32. The monoisotopic (exact) mass is 404 g/mol. The average molecular weight is 404 g/mol. The maximum absolute atomic E-state index is 11.8. The number of benzene rings is 1. The number of carbonyl (C=O) groups excluding carboxylic acids is 1. The fourth-order valence-corrected chi connectivity index (χ4v) is 4.90. The number of H-pyrrole nitrogens is 1. The predicted molar refractivity (Wildman–Crippen MR) is 114 cm³/mol. The number of nitrogens with zero attached hydrogens (tertiary/aromatic N) is 5. The van der Waals surface area contributed by atoms with E-state index in [-0.39, 0.29) is 17.9 Å². The number of aliphatic hydroxyl groups is 1. The molecule has 1 amide bonds. The van der Waals surface area contributed by atoms with Crippen LogP contribution in [0.15, 0.2) is 37.3 Å². The molecule has 154 valence electrons. The fourth-order valence-electron chi connectivity index (χ4n) is 4.90. The van der Waals surface area contributed by atoms with Crippen molar-refractivity contribution < 1.29 is 9.90 Å². The van der Waals surface area contributed by atoms with E-state index >= 15 is 0 Å². The highest BCUT2D eigenvalue weighted by molar-refractivity contribution is 5.96. The lowest BCUT2D eigenvalue weighted by Crippen LogP contribution is -2.59. The zero-order valence-electron chi connectivity index (χ0n) is 16.9. The maximum Gasteiger partial charge on any atom is 0.245 e. The van der Waals surface area contributed by atoms with Crippen LogP contribution in [0, 0.1) is 12.3 Å². The van der Waals surface area contributed by atoms with Crippen molar-refractivity contribution in [3.63, 3.8) is 0 Å². The minimum atomic E-state index is -0.149. The number of amides is 1. The van der Waals surface area contributed by atoms with Crippen molar-refractivity contribution in [2.24, 2.45) is 5.41 Å². The number of aliphatic hydroxyl groups excluding tert-OH is 1. The van der Waals surface area contributed by atoms with E-state index in [4.69, 9.17) is 0 Å². The van der Waals surface area contributed by atoms with Crippen LogP contribution in [0.4, 0.5) is 5.82 Å². The second-order valence-electron chi connectivity index (χ2n) is 8.34. The first kappa shape index (κ1) is 18.7. The number of aryl methyl sites for hydroxylation is 1. The topological polar surface area (TPSA) is 98.2 Å². The summed E-state index contributed by atoms with van der Waals surface area (Å²) in [6.45, 7) is 8.60. The Morgan fingerprint density at radius 2 is 2.17 bits per heavy atom. The first-order chi connectivity index (χ1) is 14.5. The van der Waals surface area contributed by atoms with E-state index in [1.165, 1.54) is 6.08 Å². The Morgan fingerprint density at radius 1 is 1.33 bits per heavy atom. The molecule has 30 heavy (non-hydrogen) atoms. The van der Waals surface area contributed by atoms with Gasteiger partial charge in [-0.1, -0.05) is 12.6 Å². The van der Waals surface area contributed by atoms with Crippen molar-refractivity contribution in [2.45, 2.75) is 20.0 Å². The zero-order valence-corrected chi connectivity index (χ0v) is 16.9. The van der Waals surface area contributed by atoms with Crippen molar-refractivity contribution in [3.8, 4) is 11.3 Å². The highest BCUT2D eigenvalue weighted by Gasteiger charge is 2.49. The number of hydrogen-bond donors (Lipinski definition) is 2. The molecule has 5 rings (SSSR count). The summed E-state index contributed by atoms with van der Waals surface area (Å²) in [5.41, 5.74) is 4.53. The van der Waals surface area contributed by atoms with Crippen molar-refractivity contribution in [3.05, 3.63) is 48.4 Å². The van der Waals surface area contributed by atoms with Gasteiger partial charge in [0.15, 0.2) is 0 Å². The molecule has 2 saturated heterocycles. The maximum atomic E-state index is 11.8. The molecular weight excluding hydrogens is 380 g/mol. The summed E-state index contributed by atoms with van der Waals surface area (Å²) in [5, 5.41) is 18.4. The van der Waals surface area contributed by atoms with Crippen LogP contribution in [-0.2, 0) is 11.4 Å². The van der Waals surface area contributed by atoms with E-state index in [0.29, 0.717) is 0 Å². The quantitative estimate of drug-likeness (QED) is 0.646. The smallest absolute Gasteiger partial charge is 0.245 e. The molecule has 0 atom stereocenters. The van der Waals surface area contributed by atoms with Gasteiger partial charge < -0.3 is 14.9 Å². The van der Waals surface area contributed by atoms with E-state index in [0.717, 1.165) is 71.7 Å². The largest absolute Gasteiger partial charge is 0.391 e. The van der Waals surface area contributed by atoms with Gasteiger partial charge in [0.1, 0.15) is 12.1 Å². The van der Waals surface area contributed by atoms with Crippen LogP contribution in [0.2, 0.25) is 0 Å². The van der Waals surface area contributed by atoms with E-state index < -0.39 is 0 Å². The average Bonchev–Trinajstić information content (AvgIpc) is 3.39. The summed E-state index contributed by atoms with van der Waals surface area (Å²) in [6.07, 6.45) is 5.74. The van der Waals surface area contributed by atoms with Gasteiger partial charge in [0.2, 0.25) is 5.91 Å². The molecule has 2 fully saturated rings. The second kappa shape index (κ2) is 6.91. The SMILES string of the molecule is C=CC(=O)N1CC2(CCN(c3ncnc(-c4c(C)ccc5[nH]ncc45)c3CO)C2)C1. The third-order valence-corrected chi connectivity index (χ3v) is 6.43. The molecule has 0 unspecified atom stereocenters. The van der Waals surface area contributed by atoms with Crippen LogP contribution in [-0.4, -0.2) is 62.3 Å². The van der Waals surface area contributed by atoms with Crippen molar-refractivity contribution in [1.82, 2.24) is 25.1 Å². The van der Waals surface area contributed by atoms with Crippen molar-refractivity contribution in [1.29, 1.82) is 0 Å². The van der Waals surface area contributed by atoms with Crippen LogP contribution in [0.3, 0.4) is 0 Å². The van der Waals surface area contributed by atoms with Gasteiger partial charge in [0, 0.05) is 48.1 Å². The molecule has 8 heteroatoms. The standard InChI is InChI=1S/C22H24N6O2/c1-3-18(30)28-11-22(12-28)6-7-27(10-22)21-16(9-29)20(23-13-24-21)19-14(2)4-5-17-15(19)8-25-26-17/h3-5,8,13,29H,1,6-7,9-12H2,2H3,(H,25,26). The predicted octanol–water partition coefficient (Wildman–Crippen LogP) is 2.05. The van der Waals surface area contributed by atoms with Crippen molar-refractivity contribution >= 4 is 22.6 Å². The fraction of sp³-hybridized carbons (Fsp3) is 0.364. The number of hydrogen-bond acceptors (Lipinski definition) is 6. The Bertz CT molecular complexity index is 1150. The molecule has 2 aliphatic heterocycles. The van der Waals surface area contributed by atoms with Gasteiger partial charge in [-0.15, -0.1) is 0 Å². The van der Waals surface area contributed by atoms with Gasteiger partial charge in [0.25, 0.3) is 0 Å². The molecule has 2 N–H and O–H groups in total. The summed E-state index contributed by atoms with van der Waals surface area (Å²) in [6, 6.07) is 4.03. The first-order valence-corrected chi connectivity index (χ1v) is 10.1. The number of aromatic amines is 1. The number of rotatable bonds is 4. The molecule has 0 radical (unpaired) electrons. The van der Waals surface area contributed by atoms with E-state index in [2.05, 4.69) is 31.6 Å². The second-order valence-corrected chi connectivity index (χ2v) is 8.34. The summed E-state index contributed by atoms with van der Waals surface area (Å²) < 4.78 is 0. The molecular formula is C22H24N6O2. The van der Waals surface area contributed by atoms with Crippen LogP contribution < -0.4 is 4.90 Å². The molecule has 8 nitrogen and oxygen atoms in total. The number of likely N-dealkylation sites (tertiary alicyclic amines) is 1. The summed E-state index contributed by atoms with van der Waals surface area (Å²) in [4.78, 5) is 25.0. The molecule has 2 aliphatic rings. The zero-order chi connectivity index (χ0) is 20.9. The lowest BCUT2D eigenvalue weighted by Gasteiger charge is -2.47. The normalized spacial score (nSPS) is 17.5. The van der Waals surface area contributed by atoms with Crippen LogP contribution in [0.1, 0.15) is 17.5 Å². The molecule has 4 heterocycles. The molecule has 0 bridgehead atoms.